The molecule has 1 fully saturated rings. The Labute approximate surface area is 160 Å². The van der Waals surface area contributed by atoms with Crippen LogP contribution >= 0.6 is 0 Å². The fourth-order valence-electron chi connectivity index (χ4n) is 3.58. The van der Waals surface area contributed by atoms with Gasteiger partial charge in [-0.1, -0.05) is 6.07 Å². The number of hydrogen-bond donors (Lipinski definition) is 1. The minimum absolute atomic E-state index is 0.0481. The molecule has 1 amide bonds. The lowest BCUT2D eigenvalue weighted by Crippen LogP contribution is -2.35. The molecule has 27 heavy (non-hydrogen) atoms. The second-order valence-corrected chi connectivity index (χ2v) is 7.68. The van der Waals surface area contributed by atoms with Gasteiger partial charge in [-0.2, -0.15) is 0 Å². The van der Waals surface area contributed by atoms with E-state index in [4.69, 9.17) is 9.47 Å². The van der Waals surface area contributed by atoms with Crippen molar-refractivity contribution < 1.29 is 14.3 Å². The van der Waals surface area contributed by atoms with Crippen molar-refractivity contribution in [3.05, 3.63) is 48.0 Å². The zero-order chi connectivity index (χ0) is 18.9. The Hall–Kier alpha value is -2.69. The number of ether oxygens (including phenoxy) is 2. The third-order valence-electron chi connectivity index (χ3n) is 5.43. The van der Waals surface area contributed by atoms with Gasteiger partial charge in [-0.3, -0.25) is 4.79 Å². The van der Waals surface area contributed by atoms with Crippen molar-refractivity contribution in [2.75, 3.05) is 36.5 Å². The molecule has 5 heteroatoms. The van der Waals surface area contributed by atoms with Gasteiger partial charge < -0.3 is 19.7 Å². The molecule has 2 aliphatic heterocycles. The van der Waals surface area contributed by atoms with Gasteiger partial charge >= 0.3 is 0 Å². The summed E-state index contributed by atoms with van der Waals surface area (Å²) in [5.74, 6) is 1.39. The molecule has 0 bridgehead atoms. The van der Waals surface area contributed by atoms with Crippen molar-refractivity contribution in [3.63, 3.8) is 0 Å². The highest BCUT2D eigenvalue weighted by atomic mass is 16.6. The number of benzene rings is 2. The van der Waals surface area contributed by atoms with Gasteiger partial charge in [0, 0.05) is 24.5 Å². The van der Waals surface area contributed by atoms with Crippen molar-refractivity contribution in [2.45, 2.75) is 32.1 Å². The van der Waals surface area contributed by atoms with E-state index >= 15 is 0 Å². The molecular weight excluding hydrogens is 340 g/mol. The zero-order valence-corrected chi connectivity index (χ0v) is 16.0. The van der Waals surface area contributed by atoms with E-state index < -0.39 is 5.41 Å². The van der Waals surface area contributed by atoms with Gasteiger partial charge in [-0.25, -0.2) is 0 Å². The van der Waals surface area contributed by atoms with Gasteiger partial charge in [0.2, 0.25) is 5.91 Å². The zero-order valence-electron chi connectivity index (χ0n) is 16.0. The summed E-state index contributed by atoms with van der Waals surface area (Å²) in [5.41, 5.74) is 2.24. The lowest BCUT2D eigenvalue weighted by Gasteiger charge is -2.27. The summed E-state index contributed by atoms with van der Waals surface area (Å²) in [6.07, 6.45) is 2.50. The number of amides is 1. The number of rotatable bonds is 4. The Morgan fingerprint density at radius 1 is 0.963 bits per heavy atom. The lowest BCUT2D eigenvalue weighted by atomic mass is 9.83. The Morgan fingerprint density at radius 2 is 1.63 bits per heavy atom. The van der Waals surface area contributed by atoms with Crippen LogP contribution in [0, 0.1) is 0 Å². The van der Waals surface area contributed by atoms with E-state index in [0.717, 1.165) is 30.1 Å². The van der Waals surface area contributed by atoms with Gasteiger partial charge in [-0.15, -0.1) is 0 Å². The minimum atomic E-state index is -0.691. The van der Waals surface area contributed by atoms with Crippen molar-refractivity contribution in [1.29, 1.82) is 0 Å². The summed E-state index contributed by atoms with van der Waals surface area (Å²) in [6.45, 7) is 7.17. The maximum atomic E-state index is 13.0. The summed E-state index contributed by atoms with van der Waals surface area (Å²) in [7, 11) is 0. The number of hydrogen-bond acceptors (Lipinski definition) is 4. The average molecular weight is 366 g/mol. The molecule has 2 aromatic carbocycles. The predicted octanol–water partition coefficient (Wildman–Crippen LogP) is 3.97. The molecule has 0 saturated carbocycles. The van der Waals surface area contributed by atoms with Crippen molar-refractivity contribution in [1.82, 2.24) is 0 Å². The van der Waals surface area contributed by atoms with Crippen LogP contribution in [-0.4, -0.2) is 32.2 Å². The molecule has 0 spiro atoms. The number of nitrogens with zero attached hydrogens (tertiary/aromatic N) is 1. The number of anilines is 2. The van der Waals surface area contributed by atoms with Crippen LogP contribution in [-0.2, 0) is 10.2 Å². The molecule has 4 rings (SSSR count). The molecule has 142 valence electrons. The Morgan fingerprint density at radius 3 is 2.33 bits per heavy atom. The van der Waals surface area contributed by atoms with Gasteiger partial charge in [0.15, 0.2) is 11.5 Å². The Kier molecular flexibility index (Phi) is 4.68. The number of carbonyl (C=O) groups is 1. The van der Waals surface area contributed by atoms with Gasteiger partial charge in [0.1, 0.15) is 13.2 Å². The monoisotopic (exact) mass is 366 g/mol. The van der Waals surface area contributed by atoms with Crippen LogP contribution in [0.15, 0.2) is 42.5 Å². The summed E-state index contributed by atoms with van der Waals surface area (Å²) >= 11 is 0. The van der Waals surface area contributed by atoms with Gasteiger partial charge in [0.25, 0.3) is 0 Å². The highest BCUT2D eigenvalue weighted by molar-refractivity contribution is 5.98. The minimum Gasteiger partial charge on any atom is -0.486 e. The van der Waals surface area contributed by atoms with Gasteiger partial charge in [-0.05, 0) is 68.7 Å². The normalized spacial score (nSPS) is 16.3. The van der Waals surface area contributed by atoms with Crippen molar-refractivity contribution >= 4 is 17.3 Å². The first-order chi connectivity index (χ1) is 13.0. The van der Waals surface area contributed by atoms with E-state index in [0.29, 0.717) is 19.0 Å². The molecule has 2 aromatic rings. The number of fused-ring (bicyclic) bond motifs is 1. The van der Waals surface area contributed by atoms with Crippen molar-refractivity contribution in [2.24, 2.45) is 0 Å². The molecule has 0 aromatic heterocycles. The summed E-state index contributed by atoms with van der Waals surface area (Å²) in [4.78, 5) is 15.3. The lowest BCUT2D eigenvalue weighted by molar-refractivity contribution is -0.120. The maximum Gasteiger partial charge on any atom is 0.234 e. The highest BCUT2D eigenvalue weighted by Crippen LogP contribution is 2.35. The number of carbonyl (C=O) groups excluding carboxylic acids is 1. The highest BCUT2D eigenvalue weighted by Gasteiger charge is 2.31. The topological polar surface area (TPSA) is 50.8 Å². The van der Waals surface area contributed by atoms with Crippen LogP contribution in [0.25, 0.3) is 0 Å². The molecule has 5 nitrogen and oxygen atoms in total. The van der Waals surface area contributed by atoms with E-state index in [2.05, 4.69) is 22.3 Å². The SMILES string of the molecule is CC(C)(C(=O)Nc1ccc(N2CCCC2)cc1)c1ccc2c(c1)OCCO2. The Balaban J connectivity index is 1.48. The second kappa shape index (κ2) is 7.14. The smallest absolute Gasteiger partial charge is 0.234 e. The van der Waals surface area contributed by atoms with E-state index in [1.165, 1.54) is 18.5 Å². The first-order valence-electron chi connectivity index (χ1n) is 9.61. The third kappa shape index (κ3) is 3.59. The fraction of sp³-hybridized carbons (Fsp3) is 0.409. The molecular formula is C22H26N2O3. The molecule has 0 unspecified atom stereocenters. The van der Waals surface area contributed by atoms with Crippen LogP contribution in [0.4, 0.5) is 11.4 Å². The molecule has 0 aliphatic carbocycles. The Bertz CT molecular complexity index is 824. The second-order valence-electron chi connectivity index (χ2n) is 7.68. The summed E-state index contributed by atoms with van der Waals surface area (Å²) < 4.78 is 11.2. The third-order valence-corrected chi connectivity index (χ3v) is 5.43. The molecule has 2 heterocycles. The van der Waals surface area contributed by atoms with Crippen LogP contribution in [0.5, 0.6) is 11.5 Å². The first kappa shape index (κ1) is 17.7. The van der Waals surface area contributed by atoms with E-state index in [9.17, 15) is 4.79 Å². The quantitative estimate of drug-likeness (QED) is 0.889. The molecule has 0 radical (unpaired) electrons. The molecule has 1 N–H and O–H groups in total. The van der Waals surface area contributed by atoms with Gasteiger partial charge in [0.05, 0.1) is 5.41 Å². The average Bonchev–Trinajstić information content (AvgIpc) is 3.23. The molecule has 2 aliphatic rings. The van der Waals surface area contributed by atoms with E-state index in [-0.39, 0.29) is 5.91 Å². The summed E-state index contributed by atoms with van der Waals surface area (Å²) in [5, 5.41) is 3.05. The van der Waals surface area contributed by atoms with Crippen LogP contribution < -0.4 is 19.7 Å². The predicted molar refractivity (Wildman–Crippen MR) is 107 cm³/mol. The molecule has 0 atom stereocenters. The standard InChI is InChI=1S/C22H26N2O3/c1-22(2,16-5-10-19-20(15-16)27-14-13-26-19)21(25)23-17-6-8-18(9-7-17)24-11-3-4-12-24/h5-10,15H,3-4,11-14H2,1-2H3,(H,23,25). The van der Waals surface area contributed by atoms with E-state index in [1.54, 1.807) is 0 Å². The van der Waals surface area contributed by atoms with Crippen LogP contribution in [0.2, 0.25) is 0 Å². The van der Waals surface area contributed by atoms with Crippen LogP contribution in [0.3, 0.4) is 0 Å². The summed E-state index contributed by atoms with van der Waals surface area (Å²) in [6, 6.07) is 13.8. The fourth-order valence-corrected chi connectivity index (χ4v) is 3.58. The maximum absolute atomic E-state index is 13.0. The van der Waals surface area contributed by atoms with E-state index in [1.807, 2.05) is 44.2 Å². The molecule has 1 saturated heterocycles. The van der Waals surface area contributed by atoms with Crippen molar-refractivity contribution in [3.8, 4) is 11.5 Å². The number of nitrogens with one attached hydrogen (secondary N) is 1. The van der Waals surface area contributed by atoms with Crippen LogP contribution in [0.1, 0.15) is 32.3 Å². The first-order valence-corrected chi connectivity index (χ1v) is 9.61. The largest absolute Gasteiger partial charge is 0.486 e.